The zero-order valence-corrected chi connectivity index (χ0v) is 19.5. The van der Waals surface area contributed by atoms with E-state index in [0.717, 1.165) is 31.4 Å². The number of nitrogens with one attached hydrogen (secondary N) is 1. The maximum atomic E-state index is 13.1. The predicted octanol–water partition coefficient (Wildman–Crippen LogP) is 4.22. The highest BCUT2D eigenvalue weighted by atomic mass is 19.4. The van der Waals surface area contributed by atoms with E-state index in [4.69, 9.17) is 4.74 Å². The normalized spacial score (nSPS) is 22.5. The fraction of sp³-hybridized carbons (Fsp3) is 0.696. The fourth-order valence-corrected chi connectivity index (χ4v) is 4.35. The molecule has 3 rings (SSSR count). The third kappa shape index (κ3) is 7.23. The van der Waals surface area contributed by atoms with Crippen molar-refractivity contribution in [1.82, 2.24) is 15.2 Å². The van der Waals surface area contributed by atoms with Crippen molar-refractivity contribution in [3.63, 3.8) is 0 Å². The van der Waals surface area contributed by atoms with Crippen LogP contribution in [0.1, 0.15) is 58.4 Å². The molecule has 0 aromatic carbocycles. The number of hydrogen-bond donors (Lipinski definition) is 1. The summed E-state index contributed by atoms with van der Waals surface area (Å²) in [5.41, 5.74) is -1.28. The number of ether oxygens (including phenoxy) is 1. The van der Waals surface area contributed by atoms with Gasteiger partial charge in [0.1, 0.15) is 11.4 Å². The van der Waals surface area contributed by atoms with Gasteiger partial charge < -0.3 is 19.9 Å². The summed E-state index contributed by atoms with van der Waals surface area (Å²) in [6.45, 7) is 7.23. The summed E-state index contributed by atoms with van der Waals surface area (Å²) in [5, 5.41) is 2.91. The summed E-state index contributed by atoms with van der Waals surface area (Å²) in [5.74, 6) is 0.265. The van der Waals surface area contributed by atoms with Crippen LogP contribution in [0.4, 0.5) is 23.8 Å². The van der Waals surface area contributed by atoms with E-state index in [9.17, 15) is 22.8 Å². The second-order valence-electron chi connectivity index (χ2n) is 9.76. The Balaban J connectivity index is 1.49. The Morgan fingerprint density at radius 3 is 2.39 bits per heavy atom. The molecule has 2 amide bonds. The Morgan fingerprint density at radius 1 is 1.06 bits per heavy atom. The van der Waals surface area contributed by atoms with E-state index in [2.05, 4.69) is 10.3 Å². The van der Waals surface area contributed by atoms with Crippen LogP contribution < -0.4 is 10.2 Å². The van der Waals surface area contributed by atoms with Gasteiger partial charge in [0.15, 0.2) is 0 Å². The van der Waals surface area contributed by atoms with Gasteiger partial charge in [-0.2, -0.15) is 13.2 Å². The van der Waals surface area contributed by atoms with Crippen molar-refractivity contribution in [3.05, 3.63) is 23.9 Å². The second-order valence-corrected chi connectivity index (χ2v) is 9.76. The first-order chi connectivity index (χ1) is 15.4. The molecule has 2 atom stereocenters. The third-order valence-electron chi connectivity index (χ3n) is 6.03. The van der Waals surface area contributed by atoms with Gasteiger partial charge in [0.05, 0.1) is 5.56 Å². The number of hydrogen-bond acceptors (Lipinski definition) is 5. The standard InChI is InChI=1S/C23H33F3N4O3/c1-22(2,3)33-21(32)28-18-6-4-5-16(7-8-18)20(31)30-13-11-29(12-14-30)19-15-17(9-10-27-19)23(24,25)26/h9-10,15-16,18H,4-8,11-14H2,1-3H3,(H,28,32). The quantitative estimate of drug-likeness (QED) is 0.670. The highest BCUT2D eigenvalue weighted by Crippen LogP contribution is 2.31. The molecule has 1 saturated carbocycles. The first-order valence-electron chi connectivity index (χ1n) is 11.5. The molecule has 2 aliphatic rings. The highest BCUT2D eigenvalue weighted by Gasteiger charge is 2.33. The number of pyridine rings is 1. The molecule has 1 aliphatic heterocycles. The van der Waals surface area contributed by atoms with Crippen molar-refractivity contribution in [3.8, 4) is 0 Å². The van der Waals surface area contributed by atoms with Crippen LogP contribution in [0.15, 0.2) is 18.3 Å². The smallest absolute Gasteiger partial charge is 0.416 e. The van der Waals surface area contributed by atoms with E-state index in [-0.39, 0.29) is 23.7 Å². The molecule has 2 fully saturated rings. The lowest BCUT2D eigenvalue weighted by Crippen LogP contribution is -2.50. The minimum atomic E-state index is -4.41. The third-order valence-corrected chi connectivity index (χ3v) is 6.03. The number of halogens is 3. The van der Waals surface area contributed by atoms with E-state index < -0.39 is 23.4 Å². The fourth-order valence-electron chi connectivity index (χ4n) is 4.35. The molecular formula is C23H33F3N4O3. The SMILES string of the molecule is CC(C)(C)OC(=O)NC1CCCC(C(=O)N2CCN(c3cc(C(F)(F)F)ccn3)CC2)CC1. The Kier molecular flexibility index (Phi) is 7.74. The summed E-state index contributed by atoms with van der Waals surface area (Å²) in [4.78, 5) is 32.8. The zero-order valence-electron chi connectivity index (χ0n) is 19.5. The highest BCUT2D eigenvalue weighted by molar-refractivity contribution is 5.79. The van der Waals surface area contributed by atoms with Crippen molar-refractivity contribution in [2.24, 2.45) is 5.92 Å². The minimum absolute atomic E-state index is 0.0125. The van der Waals surface area contributed by atoms with Crippen LogP contribution in [-0.2, 0) is 15.7 Å². The molecule has 1 aromatic rings. The lowest BCUT2D eigenvalue weighted by Gasteiger charge is -2.37. The number of carbonyl (C=O) groups is 2. The molecule has 1 saturated heterocycles. The monoisotopic (exact) mass is 470 g/mol. The number of rotatable bonds is 3. The minimum Gasteiger partial charge on any atom is -0.444 e. The van der Waals surface area contributed by atoms with Gasteiger partial charge in [-0.05, 0) is 58.6 Å². The molecule has 7 nitrogen and oxygen atoms in total. The van der Waals surface area contributed by atoms with E-state index >= 15 is 0 Å². The molecule has 0 radical (unpaired) electrons. The van der Waals surface area contributed by atoms with Crippen molar-refractivity contribution in [2.45, 2.75) is 70.7 Å². The number of nitrogens with zero attached hydrogens (tertiary/aromatic N) is 3. The van der Waals surface area contributed by atoms with Crippen LogP contribution in [0.2, 0.25) is 0 Å². The number of alkyl carbamates (subject to hydrolysis) is 1. The van der Waals surface area contributed by atoms with Gasteiger partial charge in [0.2, 0.25) is 5.91 Å². The van der Waals surface area contributed by atoms with E-state index in [0.29, 0.717) is 39.0 Å². The Bertz CT molecular complexity index is 833. The van der Waals surface area contributed by atoms with Crippen molar-refractivity contribution in [2.75, 3.05) is 31.1 Å². The van der Waals surface area contributed by atoms with Crippen molar-refractivity contribution < 1.29 is 27.5 Å². The summed E-state index contributed by atoms with van der Waals surface area (Å²) in [6, 6.07) is 2.00. The predicted molar refractivity (Wildman–Crippen MR) is 118 cm³/mol. The van der Waals surface area contributed by atoms with Crippen LogP contribution in [0.3, 0.4) is 0 Å². The molecule has 0 spiro atoms. The molecule has 0 bridgehead atoms. The summed E-state index contributed by atoms with van der Waals surface area (Å²) in [7, 11) is 0. The second kappa shape index (κ2) is 10.2. The van der Waals surface area contributed by atoms with E-state index in [1.54, 1.807) is 9.80 Å². The molecule has 1 aromatic heterocycles. The van der Waals surface area contributed by atoms with Crippen LogP contribution in [0.25, 0.3) is 0 Å². The average Bonchev–Trinajstić information content (AvgIpc) is 2.97. The number of piperazine rings is 1. The largest absolute Gasteiger partial charge is 0.444 e. The van der Waals surface area contributed by atoms with Gasteiger partial charge in [-0.1, -0.05) is 6.42 Å². The Labute approximate surface area is 192 Å². The maximum Gasteiger partial charge on any atom is 0.416 e. The lowest BCUT2D eigenvalue weighted by atomic mass is 9.98. The van der Waals surface area contributed by atoms with Gasteiger partial charge in [-0.25, -0.2) is 9.78 Å². The first kappa shape index (κ1) is 25.1. The number of aromatic nitrogens is 1. The number of alkyl halides is 3. The van der Waals surface area contributed by atoms with Crippen LogP contribution in [0, 0.1) is 5.92 Å². The van der Waals surface area contributed by atoms with Crippen molar-refractivity contribution >= 4 is 17.8 Å². The van der Waals surface area contributed by atoms with Crippen molar-refractivity contribution in [1.29, 1.82) is 0 Å². The molecule has 1 N–H and O–H groups in total. The molecule has 2 unspecified atom stereocenters. The topological polar surface area (TPSA) is 74.8 Å². The molecular weight excluding hydrogens is 437 g/mol. The molecule has 184 valence electrons. The summed E-state index contributed by atoms with van der Waals surface area (Å²) in [6.07, 6.45) is 0.132. The van der Waals surface area contributed by atoms with E-state index in [1.807, 2.05) is 20.8 Å². The number of anilines is 1. The first-order valence-corrected chi connectivity index (χ1v) is 11.5. The molecule has 10 heteroatoms. The molecule has 2 heterocycles. The Hall–Kier alpha value is -2.52. The number of amides is 2. The summed E-state index contributed by atoms with van der Waals surface area (Å²) < 4.78 is 44.3. The van der Waals surface area contributed by atoms with Crippen LogP contribution in [0.5, 0.6) is 0 Å². The van der Waals surface area contributed by atoms with Gasteiger partial charge >= 0.3 is 12.3 Å². The Morgan fingerprint density at radius 2 is 1.76 bits per heavy atom. The lowest BCUT2D eigenvalue weighted by molar-refractivity contribution is -0.137. The molecule has 33 heavy (non-hydrogen) atoms. The van der Waals surface area contributed by atoms with Gasteiger partial charge in [0, 0.05) is 44.3 Å². The van der Waals surface area contributed by atoms with Crippen LogP contribution >= 0.6 is 0 Å². The van der Waals surface area contributed by atoms with Gasteiger partial charge in [-0.3, -0.25) is 4.79 Å². The van der Waals surface area contributed by atoms with E-state index in [1.165, 1.54) is 6.20 Å². The number of carbonyl (C=O) groups excluding carboxylic acids is 2. The maximum absolute atomic E-state index is 13.1. The average molecular weight is 471 g/mol. The van der Waals surface area contributed by atoms with Gasteiger partial charge in [-0.15, -0.1) is 0 Å². The summed E-state index contributed by atoms with van der Waals surface area (Å²) >= 11 is 0. The van der Waals surface area contributed by atoms with Gasteiger partial charge in [0.25, 0.3) is 0 Å². The zero-order chi connectivity index (χ0) is 24.2. The van der Waals surface area contributed by atoms with Crippen LogP contribution in [-0.4, -0.2) is 59.7 Å². The molecule has 1 aliphatic carbocycles.